The number of esters is 1. The number of hydrogen-bond donors (Lipinski definition) is 1. The summed E-state index contributed by atoms with van der Waals surface area (Å²) in [6, 6.07) is 27.4. The SMILES string of the molecule is O=C(CN(c1ccc(F)cc1)S(=O)(=O)c1ccccc1)N/N=C\c1ccc(OC(=O)c2ccccc2)cc1. The predicted octanol–water partition coefficient (Wildman–Crippen LogP) is 4.39. The van der Waals surface area contributed by atoms with Gasteiger partial charge in [0.25, 0.3) is 15.9 Å². The number of benzene rings is 4. The maximum atomic E-state index is 13.4. The van der Waals surface area contributed by atoms with Crippen molar-refractivity contribution in [2.45, 2.75) is 4.90 Å². The summed E-state index contributed by atoms with van der Waals surface area (Å²) in [7, 11) is -4.12. The van der Waals surface area contributed by atoms with E-state index < -0.39 is 34.3 Å². The summed E-state index contributed by atoms with van der Waals surface area (Å²) in [5.41, 5.74) is 3.44. The third-order valence-corrected chi connectivity index (χ3v) is 7.02. The van der Waals surface area contributed by atoms with Crippen molar-refractivity contribution in [2.24, 2.45) is 5.10 Å². The second-order valence-corrected chi connectivity index (χ2v) is 9.78. The lowest BCUT2D eigenvalue weighted by molar-refractivity contribution is -0.119. The number of rotatable bonds is 9. The Morgan fingerprint density at radius 1 is 0.842 bits per heavy atom. The van der Waals surface area contributed by atoms with Gasteiger partial charge in [-0.15, -0.1) is 0 Å². The lowest BCUT2D eigenvalue weighted by atomic mass is 10.2. The number of hydrogen-bond acceptors (Lipinski definition) is 6. The average Bonchev–Trinajstić information content (AvgIpc) is 2.94. The van der Waals surface area contributed by atoms with E-state index in [-0.39, 0.29) is 10.6 Å². The molecule has 4 rings (SSSR count). The van der Waals surface area contributed by atoms with Gasteiger partial charge in [-0.2, -0.15) is 5.10 Å². The van der Waals surface area contributed by atoms with Crippen molar-refractivity contribution in [3.8, 4) is 5.75 Å². The number of carbonyl (C=O) groups is 2. The van der Waals surface area contributed by atoms with E-state index in [1.54, 1.807) is 72.8 Å². The Bertz CT molecular complexity index is 1530. The molecule has 0 heterocycles. The van der Waals surface area contributed by atoms with Crippen LogP contribution in [0.4, 0.5) is 10.1 Å². The van der Waals surface area contributed by atoms with Gasteiger partial charge in [0.05, 0.1) is 22.4 Å². The Balaban J connectivity index is 1.41. The molecule has 0 aromatic heterocycles. The summed E-state index contributed by atoms with van der Waals surface area (Å²) >= 11 is 0. The number of ether oxygens (including phenoxy) is 1. The first-order valence-electron chi connectivity index (χ1n) is 11.4. The smallest absolute Gasteiger partial charge is 0.343 e. The molecule has 0 aliphatic rings. The number of amides is 1. The molecule has 0 unspecified atom stereocenters. The van der Waals surface area contributed by atoms with Crippen LogP contribution in [-0.2, 0) is 14.8 Å². The monoisotopic (exact) mass is 531 g/mol. The fraction of sp³-hybridized carbons (Fsp3) is 0.0357. The molecule has 0 saturated carbocycles. The van der Waals surface area contributed by atoms with E-state index in [0.29, 0.717) is 16.9 Å². The van der Waals surface area contributed by atoms with Crippen LogP contribution in [0.3, 0.4) is 0 Å². The van der Waals surface area contributed by atoms with Gasteiger partial charge in [0.1, 0.15) is 18.1 Å². The van der Waals surface area contributed by atoms with Crippen molar-refractivity contribution in [1.82, 2.24) is 5.43 Å². The van der Waals surface area contributed by atoms with Gasteiger partial charge in [0.15, 0.2) is 0 Å². The zero-order valence-electron chi connectivity index (χ0n) is 19.9. The van der Waals surface area contributed by atoms with Gasteiger partial charge in [-0.25, -0.2) is 23.0 Å². The summed E-state index contributed by atoms with van der Waals surface area (Å²) in [6.07, 6.45) is 1.36. The van der Waals surface area contributed by atoms with E-state index in [0.717, 1.165) is 16.4 Å². The number of halogens is 1. The first-order chi connectivity index (χ1) is 18.3. The minimum absolute atomic E-state index is 0.0197. The van der Waals surface area contributed by atoms with E-state index in [9.17, 15) is 22.4 Å². The number of nitrogens with one attached hydrogen (secondary N) is 1. The summed E-state index contributed by atoms with van der Waals surface area (Å²) in [5, 5.41) is 3.88. The van der Waals surface area contributed by atoms with Gasteiger partial charge >= 0.3 is 5.97 Å². The van der Waals surface area contributed by atoms with Gasteiger partial charge in [0, 0.05) is 0 Å². The van der Waals surface area contributed by atoms with Gasteiger partial charge in [-0.1, -0.05) is 36.4 Å². The van der Waals surface area contributed by atoms with Gasteiger partial charge in [-0.3, -0.25) is 9.10 Å². The third kappa shape index (κ3) is 6.68. The fourth-order valence-corrected chi connectivity index (χ4v) is 4.79. The summed E-state index contributed by atoms with van der Waals surface area (Å²) in [5.74, 6) is -1.41. The number of anilines is 1. The normalized spacial score (nSPS) is 11.2. The van der Waals surface area contributed by atoms with Gasteiger partial charge in [0.2, 0.25) is 0 Å². The Morgan fingerprint density at radius 3 is 2.08 bits per heavy atom. The van der Waals surface area contributed by atoms with Crippen LogP contribution in [0.5, 0.6) is 5.75 Å². The van der Waals surface area contributed by atoms with Gasteiger partial charge < -0.3 is 4.74 Å². The van der Waals surface area contributed by atoms with Crippen molar-refractivity contribution < 1.29 is 27.1 Å². The molecule has 0 spiro atoms. The van der Waals surface area contributed by atoms with E-state index in [2.05, 4.69) is 10.5 Å². The third-order valence-electron chi connectivity index (χ3n) is 5.24. The predicted molar refractivity (Wildman–Crippen MR) is 141 cm³/mol. The number of carbonyl (C=O) groups excluding carboxylic acids is 2. The Labute approximate surface area is 219 Å². The molecule has 192 valence electrons. The lowest BCUT2D eigenvalue weighted by Gasteiger charge is -2.23. The van der Waals surface area contributed by atoms with Crippen LogP contribution >= 0.6 is 0 Å². The molecule has 38 heavy (non-hydrogen) atoms. The largest absolute Gasteiger partial charge is 0.423 e. The summed E-state index contributed by atoms with van der Waals surface area (Å²) in [4.78, 5) is 24.7. The highest BCUT2D eigenvalue weighted by Crippen LogP contribution is 2.23. The first kappa shape index (κ1) is 26.2. The van der Waals surface area contributed by atoms with Crippen molar-refractivity contribution in [1.29, 1.82) is 0 Å². The second-order valence-electron chi connectivity index (χ2n) is 7.92. The molecule has 0 radical (unpaired) electrons. The van der Waals surface area contributed by atoms with Gasteiger partial charge in [-0.05, 0) is 78.4 Å². The van der Waals surface area contributed by atoms with Crippen molar-refractivity contribution in [3.63, 3.8) is 0 Å². The molecule has 4 aromatic rings. The van der Waals surface area contributed by atoms with Crippen LogP contribution in [0, 0.1) is 5.82 Å². The Morgan fingerprint density at radius 2 is 1.45 bits per heavy atom. The van der Waals surface area contributed by atoms with Crippen molar-refractivity contribution >= 4 is 33.8 Å². The molecule has 8 nitrogen and oxygen atoms in total. The van der Waals surface area contributed by atoms with E-state index >= 15 is 0 Å². The van der Waals surface area contributed by atoms with Crippen LogP contribution in [0.15, 0.2) is 119 Å². The van der Waals surface area contributed by atoms with Crippen LogP contribution in [0.2, 0.25) is 0 Å². The second kappa shape index (κ2) is 11.9. The van der Waals surface area contributed by atoms with E-state index in [1.165, 1.54) is 30.5 Å². The molecule has 0 bridgehead atoms. The molecule has 0 aliphatic heterocycles. The van der Waals surface area contributed by atoms with E-state index in [1.807, 2.05) is 0 Å². The molecule has 1 amide bonds. The highest BCUT2D eigenvalue weighted by molar-refractivity contribution is 7.92. The standard InChI is InChI=1S/C28H22FN3O5S/c29-23-13-15-24(16-14-23)32(38(35,36)26-9-5-2-6-10-26)20-27(33)31-30-19-21-11-17-25(18-12-21)37-28(34)22-7-3-1-4-8-22/h1-19H,20H2,(H,31,33)/b30-19-. The van der Waals surface area contributed by atoms with E-state index in [4.69, 9.17) is 4.74 Å². The number of nitrogens with zero attached hydrogens (tertiary/aromatic N) is 2. The fourth-order valence-electron chi connectivity index (χ4n) is 3.35. The first-order valence-corrected chi connectivity index (χ1v) is 12.8. The quantitative estimate of drug-likeness (QED) is 0.149. The van der Waals surface area contributed by atoms with Crippen LogP contribution in [0.1, 0.15) is 15.9 Å². The maximum absolute atomic E-state index is 13.4. The molecule has 0 saturated heterocycles. The molecule has 0 atom stereocenters. The Kier molecular flexibility index (Phi) is 8.24. The number of sulfonamides is 1. The van der Waals surface area contributed by atoms with Crippen LogP contribution in [-0.4, -0.2) is 33.1 Å². The minimum Gasteiger partial charge on any atom is -0.423 e. The molecule has 10 heteroatoms. The Hall–Kier alpha value is -4.83. The topological polar surface area (TPSA) is 105 Å². The maximum Gasteiger partial charge on any atom is 0.343 e. The highest BCUT2D eigenvalue weighted by atomic mass is 32.2. The zero-order chi connectivity index (χ0) is 27.0. The summed E-state index contributed by atoms with van der Waals surface area (Å²) in [6.45, 7) is -0.589. The average molecular weight is 532 g/mol. The zero-order valence-corrected chi connectivity index (χ0v) is 20.7. The molecular weight excluding hydrogens is 509 g/mol. The van der Waals surface area contributed by atoms with Crippen molar-refractivity contribution in [3.05, 3.63) is 126 Å². The molecular formula is C28H22FN3O5S. The molecule has 0 fully saturated rings. The van der Waals surface area contributed by atoms with Crippen molar-refractivity contribution in [2.75, 3.05) is 10.8 Å². The van der Waals surface area contributed by atoms with Crippen LogP contribution < -0.4 is 14.5 Å². The van der Waals surface area contributed by atoms with Crippen LogP contribution in [0.25, 0.3) is 0 Å². The minimum atomic E-state index is -4.12. The molecule has 4 aromatic carbocycles. The molecule has 0 aliphatic carbocycles. The highest BCUT2D eigenvalue weighted by Gasteiger charge is 2.27. The number of hydrazone groups is 1. The summed E-state index contributed by atoms with van der Waals surface area (Å²) < 4.78 is 46.1. The molecule has 1 N–H and O–H groups in total. The lowest BCUT2D eigenvalue weighted by Crippen LogP contribution is -2.39.